The van der Waals surface area contributed by atoms with Gasteiger partial charge < -0.3 is 15.2 Å². The number of nitrogens with one attached hydrogen (secondary N) is 1. The molecule has 3 rings (SSSR count). The lowest BCUT2D eigenvalue weighted by Crippen LogP contribution is -2.34. The Hall–Kier alpha value is -3.19. The number of hydrogen-bond acceptors (Lipinski definition) is 5. The summed E-state index contributed by atoms with van der Waals surface area (Å²) in [4.78, 5) is 35.9. The van der Waals surface area contributed by atoms with Gasteiger partial charge in [0.25, 0.3) is 5.56 Å². The third kappa shape index (κ3) is 3.36. The fourth-order valence-corrected chi connectivity index (χ4v) is 2.56. The number of carboxylic acids is 1. The average molecular weight is 357 g/mol. The van der Waals surface area contributed by atoms with Crippen molar-refractivity contribution < 1.29 is 14.7 Å². The van der Waals surface area contributed by atoms with Crippen molar-refractivity contribution in [2.24, 2.45) is 0 Å². The highest BCUT2D eigenvalue weighted by Crippen LogP contribution is 2.20. The molecule has 126 valence electrons. The van der Waals surface area contributed by atoms with Gasteiger partial charge in [0.05, 0.1) is 22.1 Å². The summed E-state index contributed by atoms with van der Waals surface area (Å²) in [5.41, 5.74) is -0.598. The van der Waals surface area contributed by atoms with Crippen LogP contribution in [0.15, 0.2) is 53.3 Å². The van der Waals surface area contributed by atoms with Crippen LogP contribution in [0.4, 0.5) is 5.69 Å². The lowest BCUT2D eigenvalue weighted by molar-refractivity contribution is -0.255. The molecule has 3 aromatic rings. The second-order valence-electron chi connectivity index (χ2n) is 5.17. The topological polar surface area (TPSA) is 104 Å². The van der Waals surface area contributed by atoms with Crippen molar-refractivity contribution in [1.29, 1.82) is 0 Å². The quantitative estimate of drug-likeness (QED) is 0.752. The van der Waals surface area contributed by atoms with Crippen LogP contribution >= 0.6 is 11.6 Å². The maximum absolute atomic E-state index is 12.4. The van der Waals surface area contributed by atoms with Crippen LogP contribution in [-0.2, 0) is 11.3 Å². The van der Waals surface area contributed by atoms with Gasteiger partial charge >= 0.3 is 0 Å². The van der Waals surface area contributed by atoms with Crippen LogP contribution in [0.25, 0.3) is 10.8 Å². The molecule has 0 aliphatic rings. The molecule has 2 aromatic carbocycles. The van der Waals surface area contributed by atoms with Crippen LogP contribution in [0.5, 0.6) is 0 Å². The number of carbonyl (C=O) groups is 2. The van der Waals surface area contributed by atoms with E-state index in [-0.39, 0.29) is 10.8 Å². The summed E-state index contributed by atoms with van der Waals surface area (Å²) in [5.74, 6) is -2.10. The molecule has 0 saturated carbocycles. The molecule has 0 aliphatic heterocycles. The highest BCUT2D eigenvalue weighted by Gasteiger charge is 2.14. The van der Waals surface area contributed by atoms with E-state index in [9.17, 15) is 19.5 Å². The lowest BCUT2D eigenvalue weighted by atomic mass is 10.1. The standard InChI is InChI=1S/C17H12ClN3O4/c18-12-7-3-4-8-13(12)19-14(22)9-21-16(23)11-6-2-1-5-10(11)15(20-21)17(24)25/h1-8H,9H2,(H,19,22)(H,24,25)/p-1. The number of aromatic nitrogens is 2. The molecule has 1 amide bonds. The molecular formula is C17H11ClN3O4-. The smallest absolute Gasteiger partial charge is 0.275 e. The number of hydrogen-bond donors (Lipinski definition) is 1. The minimum Gasteiger partial charge on any atom is -0.543 e. The van der Waals surface area contributed by atoms with Gasteiger partial charge in [0.1, 0.15) is 12.2 Å². The summed E-state index contributed by atoms with van der Waals surface area (Å²) < 4.78 is 0.791. The van der Waals surface area contributed by atoms with Gasteiger partial charge in [0, 0.05) is 5.39 Å². The first-order valence-corrected chi connectivity index (χ1v) is 7.61. The number of aromatic carboxylic acids is 1. The molecule has 0 spiro atoms. The van der Waals surface area contributed by atoms with Gasteiger partial charge in [-0.1, -0.05) is 41.9 Å². The zero-order chi connectivity index (χ0) is 18.0. The molecule has 1 heterocycles. The number of carbonyl (C=O) groups excluding carboxylic acids is 2. The van der Waals surface area contributed by atoms with Crippen molar-refractivity contribution >= 4 is 39.9 Å². The van der Waals surface area contributed by atoms with Gasteiger partial charge in [-0.3, -0.25) is 9.59 Å². The van der Waals surface area contributed by atoms with E-state index in [1.165, 1.54) is 12.1 Å². The first-order chi connectivity index (χ1) is 12.0. The van der Waals surface area contributed by atoms with Crippen LogP contribution in [0.2, 0.25) is 5.02 Å². The zero-order valence-electron chi connectivity index (χ0n) is 12.7. The molecule has 0 saturated heterocycles. The van der Waals surface area contributed by atoms with Gasteiger partial charge in [-0.2, -0.15) is 5.10 Å². The van der Waals surface area contributed by atoms with Crippen molar-refractivity contribution in [3.05, 3.63) is 69.6 Å². The predicted octanol–water partition coefficient (Wildman–Crippen LogP) is 1.05. The summed E-state index contributed by atoms with van der Waals surface area (Å²) in [7, 11) is 0. The normalized spacial score (nSPS) is 10.6. The van der Waals surface area contributed by atoms with Crippen molar-refractivity contribution in [3.8, 4) is 0 Å². The molecule has 0 fully saturated rings. The summed E-state index contributed by atoms with van der Waals surface area (Å²) in [5, 5.41) is 18.2. The predicted molar refractivity (Wildman–Crippen MR) is 90.4 cm³/mol. The fourth-order valence-electron chi connectivity index (χ4n) is 2.38. The van der Waals surface area contributed by atoms with E-state index in [0.717, 1.165) is 4.68 Å². The fraction of sp³-hybridized carbons (Fsp3) is 0.0588. The van der Waals surface area contributed by atoms with Gasteiger partial charge in [0.15, 0.2) is 0 Å². The van der Waals surface area contributed by atoms with Gasteiger partial charge in [-0.05, 0) is 18.2 Å². The van der Waals surface area contributed by atoms with Crippen molar-refractivity contribution in [2.75, 3.05) is 5.32 Å². The molecule has 0 radical (unpaired) electrons. The zero-order valence-corrected chi connectivity index (χ0v) is 13.5. The van der Waals surface area contributed by atoms with Gasteiger partial charge in [-0.15, -0.1) is 0 Å². The van der Waals surface area contributed by atoms with Crippen LogP contribution in [-0.4, -0.2) is 21.7 Å². The number of halogens is 1. The van der Waals surface area contributed by atoms with E-state index in [4.69, 9.17) is 11.6 Å². The lowest BCUT2D eigenvalue weighted by Gasteiger charge is -2.12. The molecule has 25 heavy (non-hydrogen) atoms. The number of amides is 1. The Morgan fingerprint density at radius 2 is 1.72 bits per heavy atom. The Morgan fingerprint density at radius 1 is 1.08 bits per heavy atom. The Labute approximate surface area is 146 Å². The number of carboxylic acid groups (broad SMARTS) is 1. The minimum absolute atomic E-state index is 0.141. The van der Waals surface area contributed by atoms with E-state index in [1.54, 1.807) is 36.4 Å². The highest BCUT2D eigenvalue weighted by atomic mass is 35.5. The number of nitrogens with zero attached hydrogens (tertiary/aromatic N) is 2. The molecule has 7 nitrogen and oxygen atoms in total. The Kier molecular flexibility index (Phi) is 4.49. The molecule has 0 bridgehead atoms. The van der Waals surface area contributed by atoms with Crippen LogP contribution < -0.4 is 16.0 Å². The molecule has 8 heteroatoms. The summed E-state index contributed by atoms with van der Waals surface area (Å²) in [6.45, 7) is -0.463. The highest BCUT2D eigenvalue weighted by molar-refractivity contribution is 6.33. The molecule has 0 atom stereocenters. The van der Waals surface area contributed by atoms with Crippen molar-refractivity contribution in [2.45, 2.75) is 6.54 Å². The number of rotatable bonds is 4. The van der Waals surface area contributed by atoms with Crippen LogP contribution in [0, 0.1) is 0 Å². The second-order valence-corrected chi connectivity index (χ2v) is 5.58. The molecule has 1 aromatic heterocycles. The molecular weight excluding hydrogens is 346 g/mol. The third-order valence-corrected chi connectivity index (χ3v) is 3.83. The first-order valence-electron chi connectivity index (χ1n) is 7.23. The average Bonchev–Trinajstić information content (AvgIpc) is 2.59. The van der Waals surface area contributed by atoms with E-state index in [2.05, 4.69) is 10.4 Å². The van der Waals surface area contributed by atoms with Gasteiger partial charge in [-0.25, -0.2) is 4.68 Å². The van der Waals surface area contributed by atoms with E-state index in [1.807, 2.05) is 0 Å². The number of benzene rings is 2. The Balaban J connectivity index is 1.97. The summed E-state index contributed by atoms with van der Waals surface area (Å²) >= 11 is 5.96. The Bertz CT molecular complexity index is 1050. The van der Waals surface area contributed by atoms with Gasteiger partial charge in [0.2, 0.25) is 5.91 Å². The maximum Gasteiger partial charge on any atom is 0.275 e. The second kappa shape index (κ2) is 6.74. The first kappa shape index (κ1) is 16.7. The number of anilines is 1. The molecule has 0 unspecified atom stereocenters. The molecule has 0 aliphatic carbocycles. The Morgan fingerprint density at radius 3 is 2.40 bits per heavy atom. The van der Waals surface area contributed by atoms with Crippen molar-refractivity contribution in [3.63, 3.8) is 0 Å². The third-order valence-electron chi connectivity index (χ3n) is 3.50. The summed E-state index contributed by atoms with van der Waals surface area (Å²) in [6, 6.07) is 12.7. The summed E-state index contributed by atoms with van der Waals surface area (Å²) in [6.07, 6.45) is 0. The van der Waals surface area contributed by atoms with E-state index in [0.29, 0.717) is 10.7 Å². The SMILES string of the molecule is O=C(Cn1nc(C(=O)[O-])c2ccccc2c1=O)Nc1ccccc1Cl. The maximum atomic E-state index is 12.4. The van der Waals surface area contributed by atoms with Crippen LogP contribution in [0.1, 0.15) is 10.5 Å². The number of fused-ring (bicyclic) bond motifs is 1. The minimum atomic E-state index is -1.53. The van der Waals surface area contributed by atoms with Crippen molar-refractivity contribution in [1.82, 2.24) is 9.78 Å². The van der Waals surface area contributed by atoms with Crippen LogP contribution in [0.3, 0.4) is 0 Å². The molecule has 1 N–H and O–H groups in total. The van der Waals surface area contributed by atoms with E-state index < -0.39 is 29.7 Å². The number of para-hydroxylation sites is 1. The van der Waals surface area contributed by atoms with E-state index >= 15 is 0 Å². The monoisotopic (exact) mass is 356 g/mol. The largest absolute Gasteiger partial charge is 0.543 e.